The van der Waals surface area contributed by atoms with E-state index < -0.39 is 10.0 Å². The predicted molar refractivity (Wildman–Crippen MR) is 129 cm³/mol. The summed E-state index contributed by atoms with van der Waals surface area (Å²) < 4.78 is 28.9. The SMILES string of the molecule is CC(C)S(=O)(=O)N1CCC(C2c3ncc(Br)cc3CCc3cc(Cl)cc(Br)c32)CC1. The molecule has 0 saturated carbocycles. The summed E-state index contributed by atoms with van der Waals surface area (Å²) in [6.07, 6.45) is 5.35. The minimum absolute atomic E-state index is 0.126. The van der Waals surface area contributed by atoms with Crippen molar-refractivity contribution >= 4 is 53.5 Å². The van der Waals surface area contributed by atoms with Gasteiger partial charge in [0.2, 0.25) is 10.0 Å². The van der Waals surface area contributed by atoms with Crippen LogP contribution in [-0.4, -0.2) is 36.0 Å². The van der Waals surface area contributed by atoms with Crippen molar-refractivity contribution in [2.24, 2.45) is 5.92 Å². The zero-order chi connectivity index (χ0) is 21.6. The first-order chi connectivity index (χ1) is 14.2. The Balaban J connectivity index is 1.74. The Morgan fingerprint density at radius 1 is 1.10 bits per heavy atom. The third-order valence-corrected chi connectivity index (χ3v) is 9.93. The van der Waals surface area contributed by atoms with E-state index in [0.29, 0.717) is 19.0 Å². The highest BCUT2D eigenvalue weighted by atomic mass is 79.9. The van der Waals surface area contributed by atoms with Crippen molar-refractivity contribution in [3.05, 3.63) is 60.7 Å². The van der Waals surface area contributed by atoms with Gasteiger partial charge in [0.1, 0.15) is 0 Å². The molecule has 2 aromatic rings. The summed E-state index contributed by atoms with van der Waals surface area (Å²) in [6, 6.07) is 6.22. The smallest absolute Gasteiger partial charge is 0.216 e. The Kier molecular flexibility index (Phi) is 6.67. The topological polar surface area (TPSA) is 50.3 Å². The normalized spacial score (nSPS) is 20.7. The molecule has 1 atom stereocenters. The molecule has 0 bridgehead atoms. The Labute approximate surface area is 200 Å². The first-order valence-corrected chi connectivity index (χ1v) is 13.8. The molecular weight excluding hydrogens is 552 g/mol. The van der Waals surface area contributed by atoms with Crippen molar-refractivity contribution < 1.29 is 8.42 Å². The number of fused-ring (bicyclic) bond motifs is 2. The van der Waals surface area contributed by atoms with Gasteiger partial charge in [0.25, 0.3) is 0 Å². The second kappa shape index (κ2) is 8.81. The van der Waals surface area contributed by atoms with E-state index in [0.717, 1.165) is 45.3 Å². The van der Waals surface area contributed by atoms with Gasteiger partial charge in [-0.25, -0.2) is 12.7 Å². The minimum atomic E-state index is -3.22. The second-order valence-electron chi connectivity index (χ2n) is 8.47. The number of pyridine rings is 1. The van der Waals surface area contributed by atoms with Gasteiger partial charge in [-0.3, -0.25) is 4.98 Å². The fraction of sp³-hybridized carbons (Fsp3) is 0.500. The summed E-state index contributed by atoms with van der Waals surface area (Å²) in [6.45, 7) is 4.63. The number of piperidine rings is 1. The third kappa shape index (κ3) is 4.25. The van der Waals surface area contributed by atoms with Crippen LogP contribution in [0.1, 0.15) is 55.0 Å². The van der Waals surface area contributed by atoms with Crippen molar-refractivity contribution in [1.82, 2.24) is 9.29 Å². The Bertz CT molecular complexity index is 1070. The molecule has 0 spiro atoms. The van der Waals surface area contributed by atoms with Crippen LogP contribution < -0.4 is 0 Å². The van der Waals surface area contributed by atoms with Crippen molar-refractivity contribution in [1.29, 1.82) is 0 Å². The number of rotatable bonds is 3. The van der Waals surface area contributed by atoms with Gasteiger partial charge in [0, 0.05) is 39.2 Å². The maximum Gasteiger partial charge on any atom is 0.216 e. The molecule has 2 aliphatic rings. The van der Waals surface area contributed by atoms with Crippen LogP contribution in [-0.2, 0) is 22.9 Å². The Hall–Kier alpha value is -0.470. The van der Waals surface area contributed by atoms with Crippen LogP contribution in [0.3, 0.4) is 0 Å². The van der Waals surface area contributed by atoms with Crippen molar-refractivity contribution in [2.45, 2.75) is 50.7 Å². The quantitative estimate of drug-likeness (QED) is 0.455. The molecule has 30 heavy (non-hydrogen) atoms. The molecule has 1 aromatic carbocycles. The van der Waals surface area contributed by atoms with Crippen LogP contribution >= 0.6 is 43.5 Å². The number of aryl methyl sites for hydroxylation is 2. The molecule has 8 heteroatoms. The van der Waals surface area contributed by atoms with E-state index in [2.05, 4.69) is 44.0 Å². The number of nitrogens with zero attached hydrogens (tertiary/aromatic N) is 2. The molecule has 1 aliphatic carbocycles. The van der Waals surface area contributed by atoms with Gasteiger partial charge >= 0.3 is 0 Å². The highest BCUT2D eigenvalue weighted by Crippen LogP contribution is 2.46. The fourth-order valence-corrected chi connectivity index (χ4v) is 7.61. The highest BCUT2D eigenvalue weighted by Gasteiger charge is 2.38. The van der Waals surface area contributed by atoms with Gasteiger partial charge in [0.15, 0.2) is 0 Å². The van der Waals surface area contributed by atoms with Gasteiger partial charge in [-0.05, 0) is 96.3 Å². The van der Waals surface area contributed by atoms with Crippen LogP contribution in [0, 0.1) is 5.92 Å². The molecule has 1 aliphatic heterocycles. The van der Waals surface area contributed by atoms with Crippen molar-refractivity contribution in [3.8, 4) is 0 Å². The lowest BCUT2D eigenvalue weighted by Crippen LogP contribution is -2.43. The maximum atomic E-state index is 12.6. The summed E-state index contributed by atoms with van der Waals surface area (Å²) >= 11 is 13.7. The van der Waals surface area contributed by atoms with E-state index >= 15 is 0 Å². The first-order valence-electron chi connectivity index (χ1n) is 10.3. The number of hydrogen-bond acceptors (Lipinski definition) is 3. The fourth-order valence-electron chi connectivity index (χ4n) is 4.79. The molecule has 0 amide bonds. The number of halogens is 3. The Morgan fingerprint density at radius 2 is 1.77 bits per heavy atom. The van der Waals surface area contributed by atoms with Gasteiger partial charge in [-0.15, -0.1) is 0 Å². The first kappa shape index (κ1) is 22.7. The molecule has 1 saturated heterocycles. The molecule has 1 aromatic heterocycles. The van der Waals surface area contributed by atoms with Crippen molar-refractivity contribution in [3.63, 3.8) is 0 Å². The lowest BCUT2D eigenvalue weighted by atomic mass is 9.77. The largest absolute Gasteiger partial charge is 0.259 e. The minimum Gasteiger partial charge on any atom is -0.259 e. The zero-order valence-electron chi connectivity index (χ0n) is 17.0. The van der Waals surface area contributed by atoms with Crippen molar-refractivity contribution in [2.75, 3.05) is 13.1 Å². The van der Waals surface area contributed by atoms with E-state index in [4.69, 9.17) is 16.6 Å². The third-order valence-electron chi connectivity index (χ3n) is 6.34. The van der Waals surface area contributed by atoms with E-state index in [1.165, 1.54) is 16.7 Å². The average Bonchev–Trinajstić information content (AvgIpc) is 2.85. The number of benzene rings is 1. The summed E-state index contributed by atoms with van der Waals surface area (Å²) in [4.78, 5) is 4.86. The standard InChI is InChI=1S/C22H25Br2ClN2O2S/c1-13(2)30(28,29)27-7-5-14(6-8-27)21-20-15(10-18(25)11-19(20)24)3-4-16-9-17(23)12-26-22(16)21/h9-14,21H,3-8H2,1-2H3. The van der Waals surface area contributed by atoms with E-state index in [9.17, 15) is 8.42 Å². The summed E-state index contributed by atoms with van der Waals surface area (Å²) in [5.41, 5.74) is 4.89. The van der Waals surface area contributed by atoms with Gasteiger partial charge in [-0.2, -0.15) is 0 Å². The summed E-state index contributed by atoms with van der Waals surface area (Å²) in [5.74, 6) is 0.450. The molecule has 1 fully saturated rings. The van der Waals surface area contributed by atoms with Gasteiger partial charge in [-0.1, -0.05) is 27.5 Å². The lowest BCUT2D eigenvalue weighted by Gasteiger charge is -2.37. The van der Waals surface area contributed by atoms with Crippen LogP contribution in [0.2, 0.25) is 5.02 Å². The van der Waals surface area contributed by atoms with E-state index in [1.807, 2.05) is 12.3 Å². The monoisotopic (exact) mass is 574 g/mol. The number of aromatic nitrogens is 1. The van der Waals surface area contributed by atoms with E-state index in [1.54, 1.807) is 18.2 Å². The highest BCUT2D eigenvalue weighted by molar-refractivity contribution is 9.10. The molecule has 2 heterocycles. The number of sulfonamides is 1. The molecule has 0 radical (unpaired) electrons. The van der Waals surface area contributed by atoms with Crippen LogP contribution in [0.25, 0.3) is 0 Å². The molecular formula is C22H25Br2ClN2O2S. The lowest BCUT2D eigenvalue weighted by molar-refractivity contribution is 0.253. The van der Waals surface area contributed by atoms with Crippen LogP contribution in [0.4, 0.5) is 0 Å². The molecule has 4 nitrogen and oxygen atoms in total. The zero-order valence-corrected chi connectivity index (χ0v) is 21.8. The summed E-state index contributed by atoms with van der Waals surface area (Å²) in [5, 5.41) is 0.348. The van der Waals surface area contributed by atoms with E-state index in [-0.39, 0.29) is 11.2 Å². The van der Waals surface area contributed by atoms with Gasteiger partial charge < -0.3 is 0 Å². The average molecular weight is 577 g/mol. The molecule has 1 unspecified atom stereocenters. The summed E-state index contributed by atoms with van der Waals surface area (Å²) in [7, 11) is -3.22. The van der Waals surface area contributed by atoms with Gasteiger partial charge in [0.05, 0.1) is 10.9 Å². The molecule has 0 N–H and O–H groups in total. The van der Waals surface area contributed by atoms with Crippen LogP contribution in [0.5, 0.6) is 0 Å². The predicted octanol–water partition coefficient (Wildman–Crippen LogP) is 5.94. The maximum absolute atomic E-state index is 12.6. The number of hydrogen-bond donors (Lipinski definition) is 0. The molecule has 4 rings (SSSR count). The Morgan fingerprint density at radius 3 is 2.43 bits per heavy atom. The van der Waals surface area contributed by atoms with Crippen LogP contribution in [0.15, 0.2) is 33.3 Å². The molecule has 162 valence electrons. The second-order valence-corrected chi connectivity index (χ2v) is 13.2.